The van der Waals surface area contributed by atoms with Crippen LogP contribution in [0.15, 0.2) is 6.20 Å². The second kappa shape index (κ2) is 5.53. The zero-order valence-corrected chi connectivity index (χ0v) is 9.26. The minimum absolute atomic E-state index is 0.0750. The van der Waals surface area contributed by atoms with Gasteiger partial charge in [0.1, 0.15) is 0 Å². The molecule has 16 heavy (non-hydrogen) atoms. The average Bonchev–Trinajstić information content (AvgIpc) is 2.16. The highest BCUT2D eigenvalue weighted by Crippen LogP contribution is 2.29. The molecule has 0 saturated heterocycles. The quantitative estimate of drug-likeness (QED) is 0.521. The first kappa shape index (κ1) is 13.3. The van der Waals surface area contributed by atoms with Gasteiger partial charge in [-0.3, -0.25) is 0 Å². The van der Waals surface area contributed by atoms with Gasteiger partial charge in [0.15, 0.2) is 11.6 Å². The highest BCUT2D eigenvalue weighted by atomic mass is 35.5. The van der Waals surface area contributed by atoms with Gasteiger partial charge in [-0.25, -0.2) is 9.37 Å². The summed E-state index contributed by atoms with van der Waals surface area (Å²) < 4.78 is 48.2. The molecule has 90 valence electrons. The number of anilines is 1. The molecule has 0 bridgehead atoms. The largest absolute Gasteiger partial charge is 0.441 e. The number of thioether (sulfide) groups is 1. The average molecular weight is 276 g/mol. The van der Waals surface area contributed by atoms with Crippen molar-refractivity contribution in [1.29, 1.82) is 0 Å². The molecule has 9 heteroatoms. The summed E-state index contributed by atoms with van der Waals surface area (Å²) in [6.45, 7) is -0.0750. The van der Waals surface area contributed by atoms with Gasteiger partial charge in [-0.15, -0.1) is 0 Å². The van der Waals surface area contributed by atoms with Crippen LogP contribution in [-0.2, 0) is 0 Å². The Morgan fingerprint density at radius 3 is 2.75 bits per heavy atom. The molecule has 0 aliphatic rings. The molecule has 1 rings (SSSR count). The van der Waals surface area contributed by atoms with Crippen molar-refractivity contribution >= 4 is 29.2 Å². The normalized spacial score (nSPS) is 11.6. The fourth-order valence-electron chi connectivity index (χ4n) is 0.806. The van der Waals surface area contributed by atoms with Crippen molar-refractivity contribution in [2.24, 2.45) is 0 Å². The van der Waals surface area contributed by atoms with Crippen LogP contribution in [0.5, 0.6) is 0 Å². The van der Waals surface area contributed by atoms with E-state index >= 15 is 0 Å². The minimum Gasteiger partial charge on any atom is -0.367 e. The van der Waals surface area contributed by atoms with Crippen LogP contribution >= 0.6 is 23.4 Å². The number of aromatic nitrogens is 2. The SMILES string of the molecule is Fc1cnc(Cl)nc1NCCSC(F)(F)F. The zero-order chi connectivity index (χ0) is 12.2. The third kappa shape index (κ3) is 4.84. The number of nitrogens with one attached hydrogen (secondary N) is 1. The number of hydrogen-bond acceptors (Lipinski definition) is 4. The second-order valence-corrected chi connectivity index (χ2v) is 4.05. The lowest BCUT2D eigenvalue weighted by Gasteiger charge is -2.07. The topological polar surface area (TPSA) is 37.8 Å². The maximum absolute atomic E-state index is 13.0. The van der Waals surface area contributed by atoms with E-state index in [2.05, 4.69) is 15.3 Å². The molecule has 1 heterocycles. The predicted octanol–water partition coefficient (Wildman–Crippen LogP) is 2.93. The van der Waals surface area contributed by atoms with Gasteiger partial charge < -0.3 is 5.32 Å². The van der Waals surface area contributed by atoms with Gasteiger partial charge >= 0.3 is 5.51 Å². The van der Waals surface area contributed by atoms with Crippen LogP contribution in [0.1, 0.15) is 0 Å². The van der Waals surface area contributed by atoms with Crippen molar-refractivity contribution in [3.8, 4) is 0 Å². The molecule has 0 radical (unpaired) electrons. The lowest BCUT2D eigenvalue weighted by atomic mass is 10.5. The number of rotatable bonds is 4. The number of halogens is 5. The second-order valence-electron chi connectivity index (χ2n) is 2.56. The summed E-state index contributed by atoms with van der Waals surface area (Å²) >= 11 is 5.19. The van der Waals surface area contributed by atoms with Crippen molar-refractivity contribution in [3.05, 3.63) is 17.3 Å². The Hall–Kier alpha value is -0.760. The van der Waals surface area contributed by atoms with Gasteiger partial charge in [0, 0.05) is 12.3 Å². The molecule has 0 saturated carbocycles. The van der Waals surface area contributed by atoms with Crippen molar-refractivity contribution in [1.82, 2.24) is 9.97 Å². The first-order valence-corrected chi connectivity index (χ1v) is 5.37. The molecular weight excluding hydrogens is 270 g/mol. The van der Waals surface area contributed by atoms with E-state index in [0.717, 1.165) is 6.20 Å². The summed E-state index contributed by atoms with van der Waals surface area (Å²) in [5.41, 5.74) is -4.29. The molecule has 0 amide bonds. The van der Waals surface area contributed by atoms with Gasteiger partial charge in [0.25, 0.3) is 0 Å². The summed E-state index contributed by atoms with van der Waals surface area (Å²) in [4.78, 5) is 6.85. The van der Waals surface area contributed by atoms with Crippen LogP contribution < -0.4 is 5.32 Å². The van der Waals surface area contributed by atoms with Crippen molar-refractivity contribution in [2.45, 2.75) is 5.51 Å². The smallest absolute Gasteiger partial charge is 0.367 e. The Balaban J connectivity index is 2.40. The van der Waals surface area contributed by atoms with Crippen LogP contribution in [0.2, 0.25) is 5.28 Å². The predicted molar refractivity (Wildman–Crippen MR) is 54.0 cm³/mol. The van der Waals surface area contributed by atoms with Crippen LogP contribution in [0.25, 0.3) is 0 Å². The molecule has 0 fully saturated rings. The van der Waals surface area contributed by atoms with Crippen LogP contribution in [0.4, 0.5) is 23.4 Å². The Kier molecular flexibility index (Phi) is 4.60. The van der Waals surface area contributed by atoms with E-state index in [-0.39, 0.29) is 35.2 Å². The Bertz CT molecular complexity index is 360. The monoisotopic (exact) mass is 275 g/mol. The molecule has 0 aliphatic carbocycles. The molecule has 0 aliphatic heterocycles. The molecule has 0 atom stereocenters. The standard InChI is InChI=1S/C7H6ClF4N3S/c8-6-14-3-4(9)5(15-6)13-1-2-16-7(10,11)12/h3H,1-2H2,(H,13,14,15). The van der Waals surface area contributed by atoms with E-state index in [1.54, 1.807) is 0 Å². The highest BCUT2D eigenvalue weighted by molar-refractivity contribution is 8.00. The summed E-state index contributed by atoms with van der Waals surface area (Å²) in [7, 11) is 0. The number of alkyl halides is 3. The Morgan fingerprint density at radius 2 is 2.12 bits per heavy atom. The molecular formula is C7H6ClF4N3S. The van der Waals surface area contributed by atoms with Gasteiger partial charge in [-0.05, 0) is 23.4 Å². The van der Waals surface area contributed by atoms with Gasteiger partial charge in [0.05, 0.1) is 6.20 Å². The number of nitrogens with zero attached hydrogens (tertiary/aromatic N) is 2. The minimum atomic E-state index is -4.29. The first-order valence-electron chi connectivity index (χ1n) is 4.01. The fourth-order valence-corrected chi connectivity index (χ4v) is 1.37. The fraction of sp³-hybridized carbons (Fsp3) is 0.429. The molecule has 1 aromatic heterocycles. The summed E-state index contributed by atoms with van der Waals surface area (Å²) in [5, 5.41) is 2.22. The van der Waals surface area contributed by atoms with Gasteiger partial charge in [-0.1, -0.05) is 0 Å². The first-order chi connectivity index (χ1) is 7.38. The van der Waals surface area contributed by atoms with E-state index in [9.17, 15) is 17.6 Å². The van der Waals surface area contributed by atoms with E-state index in [1.165, 1.54) is 0 Å². The van der Waals surface area contributed by atoms with E-state index < -0.39 is 11.3 Å². The number of hydrogen-bond donors (Lipinski definition) is 1. The van der Waals surface area contributed by atoms with E-state index in [0.29, 0.717) is 0 Å². The Morgan fingerprint density at radius 1 is 1.44 bits per heavy atom. The van der Waals surface area contributed by atoms with Crippen LogP contribution in [-0.4, -0.2) is 27.8 Å². The maximum atomic E-state index is 13.0. The molecule has 0 aromatic carbocycles. The van der Waals surface area contributed by atoms with E-state index in [1.807, 2.05) is 0 Å². The summed E-state index contributed by atoms with van der Waals surface area (Å²) in [5.74, 6) is -1.21. The zero-order valence-electron chi connectivity index (χ0n) is 7.68. The van der Waals surface area contributed by atoms with Crippen LogP contribution in [0, 0.1) is 5.82 Å². The third-order valence-electron chi connectivity index (χ3n) is 1.37. The molecule has 3 nitrogen and oxygen atoms in total. The molecule has 1 aromatic rings. The van der Waals surface area contributed by atoms with Crippen molar-refractivity contribution in [2.75, 3.05) is 17.6 Å². The van der Waals surface area contributed by atoms with Crippen molar-refractivity contribution < 1.29 is 17.6 Å². The molecule has 0 spiro atoms. The Labute approximate surface area is 97.6 Å². The maximum Gasteiger partial charge on any atom is 0.441 e. The van der Waals surface area contributed by atoms with Gasteiger partial charge in [-0.2, -0.15) is 18.2 Å². The molecule has 1 N–H and O–H groups in total. The van der Waals surface area contributed by atoms with E-state index in [4.69, 9.17) is 11.6 Å². The van der Waals surface area contributed by atoms with Gasteiger partial charge in [0.2, 0.25) is 5.28 Å². The third-order valence-corrected chi connectivity index (χ3v) is 2.29. The lowest BCUT2D eigenvalue weighted by molar-refractivity contribution is -0.0327. The molecule has 0 unspecified atom stereocenters. The lowest BCUT2D eigenvalue weighted by Crippen LogP contribution is -2.11. The highest BCUT2D eigenvalue weighted by Gasteiger charge is 2.27. The van der Waals surface area contributed by atoms with Crippen LogP contribution in [0.3, 0.4) is 0 Å². The summed E-state index contributed by atoms with van der Waals surface area (Å²) in [6.07, 6.45) is 0.842. The summed E-state index contributed by atoms with van der Waals surface area (Å²) in [6, 6.07) is 0. The van der Waals surface area contributed by atoms with Crippen molar-refractivity contribution in [3.63, 3.8) is 0 Å².